The molecule has 0 aliphatic carbocycles. The number of nitriles is 1. The van der Waals surface area contributed by atoms with Crippen LogP contribution in [0.25, 0.3) is 11.3 Å². The minimum absolute atomic E-state index is 0.266. The molecule has 3 nitrogen and oxygen atoms in total. The van der Waals surface area contributed by atoms with Crippen molar-refractivity contribution in [2.75, 3.05) is 0 Å². The fraction of sp³-hybridized carbons (Fsp3) is 0.0769. The van der Waals surface area contributed by atoms with Crippen LogP contribution < -0.4 is 0 Å². The molecule has 0 fully saturated rings. The van der Waals surface area contributed by atoms with Crippen molar-refractivity contribution in [3.63, 3.8) is 0 Å². The molecule has 0 saturated heterocycles. The highest BCUT2D eigenvalue weighted by Gasteiger charge is 1.97. The molecule has 16 heavy (non-hydrogen) atoms. The van der Waals surface area contributed by atoms with Gasteiger partial charge in [-0.15, -0.1) is 0 Å². The van der Waals surface area contributed by atoms with E-state index in [0.29, 0.717) is 0 Å². The molecule has 0 radical (unpaired) electrons. The van der Waals surface area contributed by atoms with Gasteiger partial charge in [-0.3, -0.25) is 0 Å². The number of imidazole rings is 1. The van der Waals surface area contributed by atoms with E-state index in [9.17, 15) is 0 Å². The molecular formula is C13H9N3. The summed E-state index contributed by atoms with van der Waals surface area (Å²) < 4.78 is 0. The summed E-state index contributed by atoms with van der Waals surface area (Å²) in [5, 5.41) is 8.35. The zero-order valence-electron chi connectivity index (χ0n) is 8.57. The standard InChI is InChI=1S/C13H9N3/c14-8-2-1-3-11-4-6-12(7-5-11)13-9-15-10-16-13/h4-7,9-10H,2H2,(H,15,16). The Morgan fingerprint density at radius 3 is 2.69 bits per heavy atom. The van der Waals surface area contributed by atoms with Crippen LogP contribution in [-0.2, 0) is 0 Å². The van der Waals surface area contributed by atoms with Crippen molar-refractivity contribution in [3.05, 3.63) is 42.4 Å². The van der Waals surface area contributed by atoms with E-state index >= 15 is 0 Å². The fourth-order valence-corrected chi connectivity index (χ4v) is 1.33. The summed E-state index contributed by atoms with van der Waals surface area (Å²) in [5.74, 6) is 5.69. The smallest absolute Gasteiger partial charge is 0.0966 e. The van der Waals surface area contributed by atoms with Gasteiger partial charge in [0, 0.05) is 5.56 Å². The molecule has 0 bridgehead atoms. The van der Waals surface area contributed by atoms with Crippen LogP contribution in [0.1, 0.15) is 12.0 Å². The number of hydrogen-bond acceptors (Lipinski definition) is 2. The van der Waals surface area contributed by atoms with Gasteiger partial charge in [0.2, 0.25) is 0 Å². The largest absolute Gasteiger partial charge is 0.345 e. The Hall–Kier alpha value is -2.52. The lowest BCUT2D eigenvalue weighted by Gasteiger charge is -1.96. The second-order valence-electron chi connectivity index (χ2n) is 3.18. The average Bonchev–Trinajstić information content (AvgIpc) is 2.84. The van der Waals surface area contributed by atoms with Gasteiger partial charge in [-0.1, -0.05) is 24.0 Å². The molecule has 0 unspecified atom stereocenters. The monoisotopic (exact) mass is 207 g/mol. The first kappa shape index (κ1) is 10.0. The van der Waals surface area contributed by atoms with Gasteiger partial charge < -0.3 is 4.98 Å². The van der Waals surface area contributed by atoms with Crippen molar-refractivity contribution in [1.82, 2.24) is 9.97 Å². The number of hydrogen-bond donors (Lipinski definition) is 1. The van der Waals surface area contributed by atoms with Gasteiger partial charge in [-0.2, -0.15) is 5.26 Å². The van der Waals surface area contributed by atoms with E-state index in [1.165, 1.54) is 0 Å². The summed E-state index contributed by atoms with van der Waals surface area (Å²) in [6, 6.07) is 9.80. The Morgan fingerprint density at radius 2 is 2.06 bits per heavy atom. The minimum Gasteiger partial charge on any atom is -0.345 e. The highest BCUT2D eigenvalue weighted by atomic mass is 14.9. The van der Waals surface area contributed by atoms with Crippen LogP contribution in [0, 0.1) is 23.2 Å². The summed E-state index contributed by atoms with van der Waals surface area (Å²) in [7, 11) is 0. The van der Waals surface area contributed by atoms with Crippen LogP contribution in [0.5, 0.6) is 0 Å². The number of nitrogens with zero attached hydrogens (tertiary/aromatic N) is 2. The Labute approximate surface area is 93.8 Å². The maximum Gasteiger partial charge on any atom is 0.0966 e. The second kappa shape index (κ2) is 4.82. The van der Waals surface area contributed by atoms with Crippen molar-refractivity contribution in [2.45, 2.75) is 6.42 Å². The van der Waals surface area contributed by atoms with Crippen molar-refractivity contribution in [2.24, 2.45) is 0 Å². The van der Waals surface area contributed by atoms with Crippen LogP contribution in [0.2, 0.25) is 0 Å². The minimum atomic E-state index is 0.266. The lowest BCUT2D eigenvalue weighted by atomic mass is 10.1. The Kier molecular flexibility index (Phi) is 3.01. The van der Waals surface area contributed by atoms with E-state index in [0.717, 1.165) is 16.8 Å². The van der Waals surface area contributed by atoms with E-state index in [-0.39, 0.29) is 6.42 Å². The molecule has 1 aromatic heterocycles. The average molecular weight is 207 g/mol. The SMILES string of the molecule is N#CCC#Cc1ccc(-c2cnc[nH]2)cc1. The summed E-state index contributed by atoms with van der Waals surface area (Å²) in [4.78, 5) is 7.00. The van der Waals surface area contributed by atoms with Crippen LogP contribution in [0.15, 0.2) is 36.8 Å². The van der Waals surface area contributed by atoms with Crippen molar-refractivity contribution in [3.8, 4) is 29.2 Å². The number of H-pyrrole nitrogens is 1. The van der Waals surface area contributed by atoms with E-state index < -0.39 is 0 Å². The topological polar surface area (TPSA) is 52.5 Å². The van der Waals surface area contributed by atoms with E-state index in [1.807, 2.05) is 30.3 Å². The fourth-order valence-electron chi connectivity index (χ4n) is 1.33. The highest BCUT2D eigenvalue weighted by molar-refractivity contribution is 5.59. The van der Waals surface area contributed by atoms with Crippen LogP contribution in [-0.4, -0.2) is 9.97 Å². The first-order chi connectivity index (χ1) is 7.90. The predicted octanol–water partition coefficient (Wildman–Crippen LogP) is 2.34. The lowest BCUT2D eigenvalue weighted by Crippen LogP contribution is -1.78. The number of aromatic amines is 1. The molecule has 0 amide bonds. The molecule has 1 N–H and O–H groups in total. The number of rotatable bonds is 1. The molecule has 3 heteroatoms. The molecule has 0 saturated carbocycles. The maximum atomic E-state index is 8.35. The Morgan fingerprint density at radius 1 is 1.25 bits per heavy atom. The molecule has 0 atom stereocenters. The highest BCUT2D eigenvalue weighted by Crippen LogP contribution is 2.15. The molecule has 76 valence electrons. The van der Waals surface area contributed by atoms with Gasteiger partial charge in [-0.25, -0.2) is 4.98 Å². The summed E-state index contributed by atoms with van der Waals surface area (Å²) in [6.07, 6.45) is 3.69. The maximum absolute atomic E-state index is 8.35. The summed E-state index contributed by atoms with van der Waals surface area (Å²) in [6.45, 7) is 0. The van der Waals surface area contributed by atoms with Gasteiger partial charge in [0.15, 0.2) is 0 Å². The second-order valence-corrected chi connectivity index (χ2v) is 3.18. The van der Waals surface area contributed by atoms with Crippen LogP contribution in [0.4, 0.5) is 0 Å². The number of benzene rings is 1. The van der Waals surface area contributed by atoms with Gasteiger partial charge in [0.1, 0.15) is 0 Å². The number of nitrogens with one attached hydrogen (secondary N) is 1. The first-order valence-corrected chi connectivity index (χ1v) is 4.85. The third-order valence-electron chi connectivity index (χ3n) is 2.09. The van der Waals surface area contributed by atoms with E-state index in [2.05, 4.69) is 21.8 Å². The van der Waals surface area contributed by atoms with Crippen molar-refractivity contribution in [1.29, 1.82) is 5.26 Å². The zero-order chi connectivity index (χ0) is 11.2. The quantitative estimate of drug-likeness (QED) is 0.730. The van der Waals surface area contributed by atoms with Crippen LogP contribution >= 0.6 is 0 Å². The summed E-state index contributed by atoms with van der Waals surface area (Å²) in [5.41, 5.74) is 2.97. The first-order valence-electron chi connectivity index (χ1n) is 4.85. The van der Waals surface area contributed by atoms with Gasteiger partial charge in [0.25, 0.3) is 0 Å². The van der Waals surface area contributed by atoms with Crippen LogP contribution in [0.3, 0.4) is 0 Å². The molecule has 1 aromatic carbocycles. The molecule has 1 heterocycles. The summed E-state index contributed by atoms with van der Waals surface area (Å²) >= 11 is 0. The molecule has 0 spiro atoms. The Bertz CT molecular complexity index is 548. The molecule has 0 aliphatic heterocycles. The predicted molar refractivity (Wildman–Crippen MR) is 61.1 cm³/mol. The molecule has 2 rings (SSSR count). The third kappa shape index (κ3) is 2.29. The van der Waals surface area contributed by atoms with Crippen molar-refractivity contribution >= 4 is 0 Å². The van der Waals surface area contributed by atoms with Crippen molar-refractivity contribution < 1.29 is 0 Å². The van der Waals surface area contributed by atoms with Gasteiger partial charge >= 0.3 is 0 Å². The molecule has 2 aromatic rings. The third-order valence-corrected chi connectivity index (χ3v) is 2.09. The van der Waals surface area contributed by atoms with Gasteiger partial charge in [0.05, 0.1) is 30.7 Å². The lowest BCUT2D eigenvalue weighted by molar-refractivity contribution is 1.31. The normalized spacial score (nSPS) is 8.94. The molecular weight excluding hydrogens is 198 g/mol. The van der Waals surface area contributed by atoms with E-state index in [4.69, 9.17) is 5.26 Å². The zero-order valence-corrected chi connectivity index (χ0v) is 8.57. The Balaban J connectivity index is 2.19. The van der Waals surface area contributed by atoms with E-state index in [1.54, 1.807) is 12.5 Å². The van der Waals surface area contributed by atoms with Gasteiger partial charge in [-0.05, 0) is 17.7 Å². The number of aromatic nitrogens is 2. The molecule has 0 aliphatic rings.